The lowest BCUT2D eigenvalue weighted by atomic mass is 9.87. The first kappa shape index (κ1) is 20.2. The van der Waals surface area contributed by atoms with Crippen molar-refractivity contribution in [3.63, 3.8) is 0 Å². The number of carbonyl (C=O) groups excluding carboxylic acids is 2. The van der Waals surface area contributed by atoms with Gasteiger partial charge in [-0.3, -0.25) is 9.59 Å². The van der Waals surface area contributed by atoms with Crippen molar-refractivity contribution in [1.29, 1.82) is 0 Å². The van der Waals surface area contributed by atoms with Crippen molar-refractivity contribution in [2.45, 2.75) is 70.9 Å². The second-order valence-corrected chi connectivity index (χ2v) is 7.17. The number of nitrogens with two attached hydrogens (primary N) is 1. The molecule has 3 atom stereocenters. The number of carbonyl (C=O) groups is 2. The Labute approximate surface area is 146 Å². The lowest BCUT2D eigenvalue weighted by Gasteiger charge is -2.26. The van der Waals surface area contributed by atoms with Gasteiger partial charge in [-0.2, -0.15) is 0 Å². The molecule has 0 aromatic heterocycles. The Morgan fingerprint density at radius 1 is 1.22 bits per heavy atom. The van der Waals surface area contributed by atoms with Gasteiger partial charge in [0.1, 0.15) is 6.04 Å². The number of amides is 2. The predicted molar refractivity (Wildman–Crippen MR) is 94.4 cm³/mol. The maximum absolute atomic E-state index is 12.5. The predicted octanol–water partition coefficient (Wildman–Crippen LogP) is 2.08. The van der Waals surface area contributed by atoms with E-state index in [-0.39, 0.29) is 30.3 Å². The summed E-state index contributed by atoms with van der Waals surface area (Å²) in [4.78, 5) is 26.5. The molecule has 1 saturated carbocycles. The molecule has 2 rings (SSSR count). The van der Waals surface area contributed by atoms with Gasteiger partial charge in [-0.15, -0.1) is 12.4 Å². The number of likely N-dealkylation sites (tertiary alicyclic amines) is 1. The maximum atomic E-state index is 12.5. The molecule has 3 unspecified atom stereocenters. The Morgan fingerprint density at radius 2 is 1.87 bits per heavy atom. The van der Waals surface area contributed by atoms with Crippen LogP contribution in [0.4, 0.5) is 0 Å². The van der Waals surface area contributed by atoms with Crippen LogP contribution in [0.25, 0.3) is 0 Å². The fourth-order valence-electron chi connectivity index (χ4n) is 3.88. The molecule has 134 valence electrons. The molecular formula is C17H32ClN3O2. The molecule has 0 aromatic rings. The maximum Gasteiger partial charge on any atom is 0.245 e. The van der Waals surface area contributed by atoms with Crippen LogP contribution >= 0.6 is 12.4 Å². The number of rotatable bonds is 5. The molecule has 23 heavy (non-hydrogen) atoms. The third-order valence-electron chi connectivity index (χ3n) is 5.22. The van der Waals surface area contributed by atoms with Crippen LogP contribution in [0.3, 0.4) is 0 Å². The average molecular weight is 346 g/mol. The van der Waals surface area contributed by atoms with Crippen molar-refractivity contribution in [2.24, 2.45) is 17.6 Å². The Hall–Kier alpha value is -0.810. The minimum absolute atomic E-state index is 0. The smallest absolute Gasteiger partial charge is 0.245 e. The molecule has 6 heteroatoms. The monoisotopic (exact) mass is 345 g/mol. The number of nitrogens with zero attached hydrogens (tertiary/aromatic N) is 1. The Kier molecular flexibility index (Phi) is 8.34. The molecule has 2 fully saturated rings. The molecule has 0 spiro atoms. The Bertz CT molecular complexity index is 399. The van der Waals surface area contributed by atoms with Gasteiger partial charge in [0, 0.05) is 19.0 Å². The van der Waals surface area contributed by atoms with Gasteiger partial charge in [-0.05, 0) is 51.5 Å². The van der Waals surface area contributed by atoms with Crippen molar-refractivity contribution in [3.05, 3.63) is 0 Å². The molecule has 0 radical (unpaired) electrons. The van der Waals surface area contributed by atoms with Gasteiger partial charge in [0.25, 0.3) is 0 Å². The van der Waals surface area contributed by atoms with Crippen LogP contribution in [0.5, 0.6) is 0 Å². The SMILES string of the molecule is CC(NC(=O)CC1CCCCC1)C(=O)N1CC(CN)CC1C.Cl. The van der Waals surface area contributed by atoms with Crippen LogP contribution in [0, 0.1) is 11.8 Å². The summed E-state index contributed by atoms with van der Waals surface area (Å²) in [6.45, 7) is 5.20. The number of nitrogens with one attached hydrogen (secondary N) is 1. The zero-order chi connectivity index (χ0) is 16.1. The van der Waals surface area contributed by atoms with Gasteiger partial charge < -0.3 is 16.0 Å². The molecule has 2 amide bonds. The standard InChI is InChI=1S/C17H31N3O2.ClH/c1-12-8-15(10-18)11-20(12)17(22)13(2)19-16(21)9-14-6-4-3-5-7-14;/h12-15H,3-11,18H2,1-2H3,(H,19,21);1H. The van der Waals surface area contributed by atoms with Crippen molar-refractivity contribution in [1.82, 2.24) is 10.2 Å². The first-order chi connectivity index (χ1) is 10.5. The van der Waals surface area contributed by atoms with E-state index in [1.54, 1.807) is 6.92 Å². The van der Waals surface area contributed by atoms with Gasteiger partial charge in [-0.25, -0.2) is 0 Å². The minimum atomic E-state index is -0.435. The molecule has 1 aliphatic heterocycles. The van der Waals surface area contributed by atoms with Crippen molar-refractivity contribution < 1.29 is 9.59 Å². The second-order valence-electron chi connectivity index (χ2n) is 7.17. The molecule has 1 aliphatic carbocycles. The van der Waals surface area contributed by atoms with Crippen LogP contribution in [0.1, 0.15) is 58.8 Å². The van der Waals surface area contributed by atoms with Crippen LogP contribution in [-0.2, 0) is 9.59 Å². The molecule has 1 saturated heterocycles. The van der Waals surface area contributed by atoms with E-state index in [2.05, 4.69) is 12.2 Å². The van der Waals surface area contributed by atoms with Gasteiger partial charge in [0.05, 0.1) is 0 Å². The lowest BCUT2D eigenvalue weighted by molar-refractivity contribution is -0.136. The van der Waals surface area contributed by atoms with E-state index in [0.717, 1.165) is 25.8 Å². The fourth-order valence-corrected chi connectivity index (χ4v) is 3.88. The van der Waals surface area contributed by atoms with Gasteiger partial charge >= 0.3 is 0 Å². The molecule has 2 aliphatic rings. The van der Waals surface area contributed by atoms with Crippen molar-refractivity contribution in [2.75, 3.05) is 13.1 Å². The molecule has 0 aromatic carbocycles. The highest BCUT2D eigenvalue weighted by Gasteiger charge is 2.34. The summed E-state index contributed by atoms with van der Waals surface area (Å²) in [6, 6.07) is -0.214. The van der Waals surface area contributed by atoms with Crippen molar-refractivity contribution in [3.8, 4) is 0 Å². The topological polar surface area (TPSA) is 75.4 Å². The Morgan fingerprint density at radius 3 is 2.43 bits per heavy atom. The van der Waals surface area contributed by atoms with E-state index < -0.39 is 6.04 Å². The molecule has 3 N–H and O–H groups in total. The highest BCUT2D eigenvalue weighted by atomic mass is 35.5. The molecule has 0 bridgehead atoms. The zero-order valence-corrected chi connectivity index (χ0v) is 15.2. The number of halogens is 1. The third-order valence-corrected chi connectivity index (χ3v) is 5.22. The normalized spacial score (nSPS) is 26.5. The van der Waals surface area contributed by atoms with Gasteiger partial charge in [0.15, 0.2) is 0 Å². The zero-order valence-electron chi connectivity index (χ0n) is 14.4. The van der Waals surface area contributed by atoms with E-state index in [1.807, 2.05) is 4.90 Å². The summed E-state index contributed by atoms with van der Waals surface area (Å²) >= 11 is 0. The summed E-state index contributed by atoms with van der Waals surface area (Å²) in [6.07, 6.45) is 7.59. The van der Waals surface area contributed by atoms with Gasteiger partial charge in [0.2, 0.25) is 11.8 Å². The number of hydrogen-bond donors (Lipinski definition) is 2. The molecule has 1 heterocycles. The largest absolute Gasteiger partial charge is 0.345 e. The first-order valence-corrected chi connectivity index (χ1v) is 8.81. The van der Waals surface area contributed by atoms with E-state index in [4.69, 9.17) is 5.73 Å². The number of hydrogen-bond acceptors (Lipinski definition) is 3. The molecule has 5 nitrogen and oxygen atoms in total. The summed E-state index contributed by atoms with van der Waals surface area (Å²) < 4.78 is 0. The van der Waals surface area contributed by atoms with E-state index in [1.165, 1.54) is 19.3 Å². The third kappa shape index (κ3) is 5.64. The fraction of sp³-hybridized carbons (Fsp3) is 0.882. The lowest BCUT2D eigenvalue weighted by Crippen LogP contribution is -2.48. The van der Waals surface area contributed by atoms with E-state index >= 15 is 0 Å². The van der Waals surface area contributed by atoms with E-state index in [0.29, 0.717) is 24.8 Å². The summed E-state index contributed by atoms with van der Waals surface area (Å²) in [5, 5.41) is 2.90. The van der Waals surface area contributed by atoms with Gasteiger partial charge in [-0.1, -0.05) is 19.3 Å². The van der Waals surface area contributed by atoms with Crippen LogP contribution in [-0.4, -0.2) is 41.9 Å². The highest BCUT2D eigenvalue weighted by molar-refractivity contribution is 5.87. The summed E-state index contributed by atoms with van der Waals surface area (Å²) in [5.74, 6) is 0.947. The van der Waals surface area contributed by atoms with Crippen LogP contribution < -0.4 is 11.1 Å². The van der Waals surface area contributed by atoms with E-state index in [9.17, 15) is 9.59 Å². The highest BCUT2D eigenvalue weighted by Crippen LogP contribution is 2.26. The summed E-state index contributed by atoms with van der Waals surface area (Å²) in [7, 11) is 0. The average Bonchev–Trinajstić information content (AvgIpc) is 2.88. The summed E-state index contributed by atoms with van der Waals surface area (Å²) in [5.41, 5.74) is 5.71. The second kappa shape index (κ2) is 9.48. The first-order valence-electron chi connectivity index (χ1n) is 8.81. The molecular weight excluding hydrogens is 314 g/mol. The van der Waals surface area contributed by atoms with Crippen LogP contribution in [0.15, 0.2) is 0 Å². The minimum Gasteiger partial charge on any atom is -0.345 e. The quantitative estimate of drug-likeness (QED) is 0.801. The van der Waals surface area contributed by atoms with Crippen molar-refractivity contribution >= 4 is 24.2 Å². The van der Waals surface area contributed by atoms with Crippen LogP contribution in [0.2, 0.25) is 0 Å². The Balaban J connectivity index is 0.00000264.